The Bertz CT molecular complexity index is 501. The summed E-state index contributed by atoms with van der Waals surface area (Å²) in [6.45, 7) is 9.77. The largest absolute Gasteiger partial charge is 0.516 e. The molecule has 21 heavy (non-hydrogen) atoms. The molecule has 0 aliphatic carbocycles. The van der Waals surface area contributed by atoms with Crippen molar-refractivity contribution in [3.8, 4) is 0 Å². The van der Waals surface area contributed by atoms with Crippen molar-refractivity contribution in [2.24, 2.45) is 0 Å². The molecule has 0 radical (unpaired) electrons. The molecule has 3 heterocycles. The smallest absolute Gasteiger partial charge is 0.398 e. The Balaban J connectivity index is 1.81. The molecule has 6 nitrogen and oxygen atoms in total. The molecule has 2 aliphatic heterocycles. The average Bonchev–Trinajstić information content (AvgIpc) is 2.69. The van der Waals surface area contributed by atoms with Crippen molar-refractivity contribution in [2.75, 3.05) is 19.8 Å². The number of rotatable bonds is 2. The monoisotopic (exact) mass is 292 g/mol. The Morgan fingerprint density at radius 2 is 1.81 bits per heavy atom. The third-order valence-corrected chi connectivity index (χ3v) is 4.31. The van der Waals surface area contributed by atoms with Crippen molar-refractivity contribution in [3.63, 3.8) is 0 Å². The third kappa shape index (κ3) is 2.83. The summed E-state index contributed by atoms with van der Waals surface area (Å²) in [4.78, 5) is 8.83. The Labute approximate surface area is 125 Å². The van der Waals surface area contributed by atoms with Gasteiger partial charge in [-0.2, -0.15) is 0 Å². The lowest BCUT2D eigenvalue weighted by molar-refractivity contribution is -0.0918. The Morgan fingerprint density at radius 3 is 2.43 bits per heavy atom. The topological polar surface area (TPSA) is 62.7 Å². The van der Waals surface area contributed by atoms with E-state index < -0.39 is 7.12 Å². The second kappa shape index (κ2) is 5.32. The van der Waals surface area contributed by atoms with Gasteiger partial charge in [-0.3, -0.25) is 9.97 Å². The maximum Gasteiger partial charge on any atom is 0.516 e. The van der Waals surface area contributed by atoms with Crippen LogP contribution in [0.1, 0.15) is 39.5 Å². The lowest BCUT2D eigenvalue weighted by Gasteiger charge is -2.32. The van der Waals surface area contributed by atoms with E-state index in [-0.39, 0.29) is 17.3 Å². The minimum atomic E-state index is -0.507. The first-order chi connectivity index (χ1) is 9.89. The molecule has 0 N–H and O–H groups in total. The third-order valence-electron chi connectivity index (χ3n) is 4.31. The summed E-state index contributed by atoms with van der Waals surface area (Å²) in [5, 5.41) is 0. The maximum atomic E-state index is 6.00. The summed E-state index contributed by atoms with van der Waals surface area (Å²) in [6.07, 6.45) is 3.21. The number of hydrogen-bond donors (Lipinski definition) is 0. The van der Waals surface area contributed by atoms with Crippen LogP contribution in [0.2, 0.25) is 0 Å². The summed E-state index contributed by atoms with van der Waals surface area (Å²) >= 11 is 0. The fraction of sp³-hybridized carbons (Fsp3) is 0.714. The highest BCUT2D eigenvalue weighted by Gasteiger charge is 2.52. The summed E-state index contributed by atoms with van der Waals surface area (Å²) < 4.78 is 23.1. The zero-order chi connectivity index (χ0) is 15.1. The van der Waals surface area contributed by atoms with E-state index in [0.29, 0.717) is 25.4 Å². The molecule has 7 heteroatoms. The van der Waals surface area contributed by atoms with Crippen LogP contribution in [0.25, 0.3) is 0 Å². The van der Waals surface area contributed by atoms with Crippen molar-refractivity contribution in [3.05, 3.63) is 18.1 Å². The Morgan fingerprint density at radius 1 is 1.10 bits per heavy atom. The predicted molar refractivity (Wildman–Crippen MR) is 77.3 cm³/mol. The standard InChI is InChI=1S/C14H21BN2O4/c1-13(2)14(3,4)21-15(20-13)12-8-16-7-10(17-12)11-9-18-5-6-19-11/h7-8,11H,5-6,9H2,1-4H3. The molecular formula is C14H21BN2O4. The van der Waals surface area contributed by atoms with Crippen molar-refractivity contribution < 1.29 is 18.8 Å². The number of nitrogens with zero attached hydrogens (tertiary/aromatic N) is 2. The maximum absolute atomic E-state index is 6.00. The Kier molecular flexibility index (Phi) is 3.77. The zero-order valence-electron chi connectivity index (χ0n) is 13.0. The molecule has 0 aromatic carbocycles. The second-order valence-corrected chi connectivity index (χ2v) is 6.39. The van der Waals surface area contributed by atoms with Crippen LogP contribution in [0.15, 0.2) is 12.4 Å². The lowest BCUT2D eigenvalue weighted by atomic mass is 9.85. The average molecular weight is 292 g/mol. The van der Waals surface area contributed by atoms with Gasteiger partial charge < -0.3 is 18.8 Å². The fourth-order valence-corrected chi connectivity index (χ4v) is 2.29. The van der Waals surface area contributed by atoms with E-state index in [4.69, 9.17) is 18.8 Å². The first-order valence-electron chi connectivity index (χ1n) is 7.26. The molecule has 1 atom stereocenters. The molecule has 114 valence electrons. The van der Waals surface area contributed by atoms with E-state index in [1.54, 1.807) is 12.4 Å². The van der Waals surface area contributed by atoms with Gasteiger partial charge >= 0.3 is 7.12 Å². The summed E-state index contributed by atoms with van der Waals surface area (Å²) in [6, 6.07) is 0. The van der Waals surface area contributed by atoms with Crippen LogP contribution >= 0.6 is 0 Å². The SMILES string of the molecule is CC1(C)OB(c2cncc(C3COCCO3)n2)OC1(C)C. The van der Waals surface area contributed by atoms with Crippen molar-refractivity contribution in [2.45, 2.75) is 45.0 Å². The molecule has 1 aromatic rings. The summed E-state index contributed by atoms with van der Waals surface area (Å²) in [5.41, 5.74) is 0.641. The van der Waals surface area contributed by atoms with Crippen LogP contribution in [0.4, 0.5) is 0 Å². The van der Waals surface area contributed by atoms with Crippen molar-refractivity contribution in [1.29, 1.82) is 0 Å². The molecule has 1 unspecified atom stereocenters. The first kappa shape index (κ1) is 14.9. The van der Waals surface area contributed by atoms with E-state index in [9.17, 15) is 0 Å². The highest BCUT2D eigenvalue weighted by Crippen LogP contribution is 2.36. The highest BCUT2D eigenvalue weighted by molar-refractivity contribution is 6.61. The molecular weight excluding hydrogens is 271 g/mol. The highest BCUT2D eigenvalue weighted by atomic mass is 16.7. The lowest BCUT2D eigenvalue weighted by Crippen LogP contribution is -2.41. The molecule has 0 bridgehead atoms. The van der Waals surface area contributed by atoms with Gasteiger partial charge in [0.05, 0.1) is 48.5 Å². The number of aromatic nitrogens is 2. The van der Waals surface area contributed by atoms with Gasteiger partial charge in [-0.25, -0.2) is 0 Å². The van der Waals surface area contributed by atoms with Gasteiger partial charge in [0.2, 0.25) is 0 Å². The van der Waals surface area contributed by atoms with E-state index >= 15 is 0 Å². The second-order valence-electron chi connectivity index (χ2n) is 6.39. The normalized spacial score (nSPS) is 27.8. The molecule has 1 aromatic heterocycles. The molecule has 2 fully saturated rings. The summed E-state index contributed by atoms with van der Waals surface area (Å²) in [5.74, 6) is 0. The molecule has 2 saturated heterocycles. The van der Waals surface area contributed by atoms with E-state index in [1.807, 2.05) is 27.7 Å². The van der Waals surface area contributed by atoms with E-state index in [2.05, 4.69) is 9.97 Å². The molecule has 2 aliphatic rings. The van der Waals surface area contributed by atoms with Gasteiger partial charge in [-0.15, -0.1) is 0 Å². The van der Waals surface area contributed by atoms with Crippen LogP contribution in [-0.2, 0) is 18.8 Å². The van der Waals surface area contributed by atoms with Gasteiger partial charge in [0, 0.05) is 6.20 Å². The molecule has 0 spiro atoms. The number of ether oxygens (including phenoxy) is 2. The molecule has 0 saturated carbocycles. The van der Waals surface area contributed by atoms with Crippen molar-refractivity contribution >= 4 is 12.7 Å². The first-order valence-corrected chi connectivity index (χ1v) is 7.26. The number of hydrogen-bond acceptors (Lipinski definition) is 6. The fourth-order valence-electron chi connectivity index (χ4n) is 2.29. The minimum absolute atomic E-state index is 0.173. The van der Waals surface area contributed by atoms with Gasteiger partial charge in [0.15, 0.2) is 0 Å². The summed E-state index contributed by atoms with van der Waals surface area (Å²) in [7, 11) is -0.507. The van der Waals surface area contributed by atoms with Crippen LogP contribution in [-0.4, -0.2) is 48.1 Å². The van der Waals surface area contributed by atoms with Crippen LogP contribution in [0.5, 0.6) is 0 Å². The van der Waals surface area contributed by atoms with Gasteiger partial charge in [-0.1, -0.05) is 0 Å². The van der Waals surface area contributed by atoms with Crippen LogP contribution in [0, 0.1) is 0 Å². The van der Waals surface area contributed by atoms with Gasteiger partial charge in [0.1, 0.15) is 6.10 Å². The zero-order valence-corrected chi connectivity index (χ0v) is 13.0. The van der Waals surface area contributed by atoms with Gasteiger partial charge in [-0.05, 0) is 27.7 Å². The van der Waals surface area contributed by atoms with E-state index in [1.165, 1.54) is 0 Å². The predicted octanol–water partition coefficient (Wildman–Crippen LogP) is 0.864. The van der Waals surface area contributed by atoms with Crippen molar-refractivity contribution in [1.82, 2.24) is 9.97 Å². The van der Waals surface area contributed by atoms with Crippen LogP contribution < -0.4 is 5.59 Å². The molecule has 3 rings (SSSR count). The Hall–Kier alpha value is -1.02. The van der Waals surface area contributed by atoms with Gasteiger partial charge in [0.25, 0.3) is 0 Å². The minimum Gasteiger partial charge on any atom is -0.398 e. The van der Waals surface area contributed by atoms with Crippen LogP contribution in [0.3, 0.4) is 0 Å². The van der Waals surface area contributed by atoms with E-state index in [0.717, 1.165) is 5.69 Å². The molecule has 0 amide bonds. The quantitative estimate of drug-likeness (QED) is 0.754.